The molecule has 1 heterocycles. The molecule has 0 aliphatic carbocycles. The van der Waals surface area contributed by atoms with Crippen molar-refractivity contribution in [1.82, 2.24) is 15.5 Å². The van der Waals surface area contributed by atoms with E-state index in [1.165, 1.54) is 0 Å². The van der Waals surface area contributed by atoms with Crippen LogP contribution in [0.4, 0.5) is 10.5 Å². The fourth-order valence-corrected chi connectivity index (χ4v) is 3.39. The van der Waals surface area contributed by atoms with Gasteiger partial charge in [0, 0.05) is 28.2 Å². The molecule has 5 N–H and O–H groups in total. The van der Waals surface area contributed by atoms with Crippen molar-refractivity contribution in [2.75, 3.05) is 5.32 Å². The van der Waals surface area contributed by atoms with Gasteiger partial charge in [0.05, 0.1) is 11.1 Å². The number of carbonyl (C=O) groups is 2. The second-order valence-corrected chi connectivity index (χ2v) is 7.07. The van der Waals surface area contributed by atoms with E-state index in [9.17, 15) is 9.59 Å². The Morgan fingerprint density at radius 2 is 1.77 bits per heavy atom. The molecule has 7 nitrogen and oxygen atoms in total. The van der Waals surface area contributed by atoms with Gasteiger partial charge in [0.2, 0.25) is 5.91 Å². The lowest BCUT2D eigenvalue weighted by Crippen LogP contribution is -2.28. The molecule has 0 atom stereocenters. The third-order valence-corrected chi connectivity index (χ3v) is 4.92. The Kier molecular flexibility index (Phi) is 5.36. The minimum absolute atomic E-state index is 0.267. The van der Waals surface area contributed by atoms with Crippen LogP contribution < -0.4 is 16.4 Å². The third-order valence-electron chi connectivity index (χ3n) is 4.67. The number of urea groups is 1. The van der Waals surface area contributed by atoms with Crippen molar-refractivity contribution >= 4 is 40.1 Å². The molecule has 4 aromatic rings. The van der Waals surface area contributed by atoms with Gasteiger partial charge in [0.1, 0.15) is 5.69 Å². The highest BCUT2D eigenvalue weighted by Crippen LogP contribution is 2.31. The molecule has 0 bridgehead atoms. The molecule has 0 aliphatic rings. The largest absolute Gasteiger partial charge is 0.366 e. The van der Waals surface area contributed by atoms with Crippen LogP contribution >= 0.6 is 11.6 Å². The summed E-state index contributed by atoms with van der Waals surface area (Å²) in [4.78, 5) is 24.2. The number of anilines is 1. The molecule has 1 aromatic heterocycles. The van der Waals surface area contributed by atoms with E-state index in [0.29, 0.717) is 32.9 Å². The van der Waals surface area contributed by atoms with Gasteiger partial charge in [0.25, 0.3) is 0 Å². The summed E-state index contributed by atoms with van der Waals surface area (Å²) in [6, 6.07) is 19.3. The van der Waals surface area contributed by atoms with Gasteiger partial charge in [-0.3, -0.25) is 9.89 Å². The first-order valence-electron chi connectivity index (χ1n) is 9.18. The van der Waals surface area contributed by atoms with E-state index in [1.54, 1.807) is 36.4 Å². The Bertz CT molecular complexity index is 1230. The van der Waals surface area contributed by atoms with Crippen LogP contribution in [0.5, 0.6) is 0 Å². The van der Waals surface area contributed by atoms with E-state index in [1.807, 2.05) is 30.3 Å². The van der Waals surface area contributed by atoms with Gasteiger partial charge < -0.3 is 16.4 Å². The molecule has 0 aliphatic heterocycles. The second kappa shape index (κ2) is 8.26. The van der Waals surface area contributed by atoms with Crippen molar-refractivity contribution < 1.29 is 9.59 Å². The molecule has 0 saturated carbocycles. The molecule has 3 aromatic carbocycles. The Hall–Kier alpha value is -3.84. The van der Waals surface area contributed by atoms with E-state index in [4.69, 9.17) is 17.3 Å². The van der Waals surface area contributed by atoms with Crippen molar-refractivity contribution in [3.63, 3.8) is 0 Å². The summed E-state index contributed by atoms with van der Waals surface area (Å²) in [5, 5.41) is 14.2. The third kappa shape index (κ3) is 3.97. The molecule has 8 heteroatoms. The first-order chi connectivity index (χ1) is 14.5. The molecule has 0 spiro atoms. The smallest absolute Gasteiger partial charge is 0.319 e. The van der Waals surface area contributed by atoms with Gasteiger partial charge >= 0.3 is 6.03 Å². The van der Waals surface area contributed by atoms with Gasteiger partial charge in [-0.25, -0.2) is 4.79 Å². The van der Waals surface area contributed by atoms with E-state index in [2.05, 4.69) is 20.8 Å². The predicted octanol–water partition coefficient (Wildman–Crippen LogP) is 4.30. The van der Waals surface area contributed by atoms with Crippen molar-refractivity contribution in [1.29, 1.82) is 0 Å². The summed E-state index contributed by atoms with van der Waals surface area (Å²) in [5.41, 5.74) is 9.53. The number of nitrogens with one attached hydrogen (secondary N) is 3. The Morgan fingerprint density at radius 1 is 1.00 bits per heavy atom. The van der Waals surface area contributed by atoms with Crippen LogP contribution in [0, 0.1) is 0 Å². The fourth-order valence-electron chi connectivity index (χ4n) is 3.26. The quantitative estimate of drug-likeness (QED) is 0.386. The van der Waals surface area contributed by atoms with E-state index in [-0.39, 0.29) is 12.6 Å². The zero-order valence-corrected chi connectivity index (χ0v) is 16.5. The SMILES string of the molecule is NC(=O)c1cccc2[nH]nc(-c3ccccc3CNC(=O)Nc3ccc(Cl)cc3)c12. The van der Waals surface area contributed by atoms with Crippen molar-refractivity contribution in [2.45, 2.75) is 6.54 Å². The number of aromatic amines is 1. The van der Waals surface area contributed by atoms with Crippen molar-refractivity contribution in [2.24, 2.45) is 5.73 Å². The van der Waals surface area contributed by atoms with Gasteiger partial charge in [-0.05, 0) is 42.0 Å². The molecule has 0 saturated heterocycles. The summed E-state index contributed by atoms with van der Waals surface area (Å²) in [6.07, 6.45) is 0. The minimum Gasteiger partial charge on any atom is -0.366 e. The number of benzene rings is 3. The molecule has 30 heavy (non-hydrogen) atoms. The number of hydrogen-bond acceptors (Lipinski definition) is 3. The zero-order valence-electron chi connectivity index (χ0n) is 15.8. The number of aromatic nitrogens is 2. The minimum atomic E-state index is -0.527. The molecule has 0 fully saturated rings. The summed E-state index contributed by atoms with van der Waals surface area (Å²) >= 11 is 5.86. The summed E-state index contributed by atoms with van der Waals surface area (Å²) in [6.45, 7) is 0.267. The fraction of sp³-hybridized carbons (Fsp3) is 0.0455. The molecule has 4 rings (SSSR count). The monoisotopic (exact) mass is 419 g/mol. The van der Waals surface area contributed by atoms with Crippen LogP contribution in [-0.4, -0.2) is 22.1 Å². The number of fused-ring (bicyclic) bond motifs is 1. The van der Waals surface area contributed by atoms with Gasteiger partial charge in [-0.2, -0.15) is 5.10 Å². The van der Waals surface area contributed by atoms with Crippen LogP contribution in [0.3, 0.4) is 0 Å². The number of halogens is 1. The van der Waals surface area contributed by atoms with Gasteiger partial charge in [-0.1, -0.05) is 41.9 Å². The van der Waals surface area contributed by atoms with Crippen molar-refractivity contribution in [3.8, 4) is 11.3 Å². The molecule has 0 unspecified atom stereocenters. The number of nitrogens with two attached hydrogens (primary N) is 1. The maximum atomic E-state index is 12.3. The number of primary amides is 1. The van der Waals surface area contributed by atoms with E-state index in [0.717, 1.165) is 11.1 Å². The summed E-state index contributed by atoms with van der Waals surface area (Å²) < 4.78 is 0. The molecule has 150 valence electrons. The Morgan fingerprint density at radius 3 is 2.53 bits per heavy atom. The molecular formula is C22H18ClN5O2. The van der Waals surface area contributed by atoms with Crippen LogP contribution in [0.1, 0.15) is 15.9 Å². The lowest BCUT2D eigenvalue weighted by Gasteiger charge is -2.11. The lowest BCUT2D eigenvalue weighted by atomic mass is 9.99. The lowest BCUT2D eigenvalue weighted by molar-refractivity contribution is 0.100. The average Bonchev–Trinajstić information content (AvgIpc) is 3.18. The summed E-state index contributed by atoms with van der Waals surface area (Å²) in [5.74, 6) is -0.527. The van der Waals surface area contributed by atoms with Gasteiger partial charge in [-0.15, -0.1) is 0 Å². The zero-order chi connectivity index (χ0) is 21.1. The van der Waals surface area contributed by atoms with E-state index < -0.39 is 5.91 Å². The van der Waals surface area contributed by atoms with Gasteiger partial charge in [0.15, 0.2) is 0 Å². The normalized spacial score (nSPS) is 10.7. The summed E-state index contributed by atoms with van der Waals surface area (Å²) in [7, 11) is 0. The number of rotatable bonds is 5. The van der Waals surface area contributed by atoms with Crippen LogP contribution in [0.15, 0.2) is 66.7 Å². The average molecular weight is 420 g/mol. The van der Waals surface area contributed by atoms with Crippen LogP contribution in [0.2, 0.25) is 5.02 Å². The number of amides is 3. The van der Waals surface area contributed by atoms with Crippen molar-refractivity contribution in [3.05, 3.63) is 82.9 Å². The first-order valence-corrected chi connectivity index (χ1v) is 9.56. The predicted molar refractivity (Wildman–Crippen MR) is 117 cm³/mol. The highest BCUT2D eigenvalue weighted by atomic mass is 35.5. The maximum Gasteiger partial charge on any atom is 0.319 e. The number of H-pyrrole nitrogens is 1. The second-order valence-electron chi connectivity index (χ2n) is 6.64. The molecule has 3 amide bonds. The number of nitrogens with zero attached hydrogens (tertiary/aromatic N) is 1. The highest BCUT2D eigenvalue weighted by Gasteiger charge is 2.17. The Labute approximate surface area is 177 Å². The maximum absolute atomic E-state index is 12.3. The standard InChI is InChI=1S/C22H18ClN5O2/c23-14-8-10-15(11-9-14)26-22(30)25-12-13-4-1-2-5-16(13)20-19-17(21(24)29)6-3-7-18(19)27-28-20/h1-11H,12H2,(H2,24,29)(H,27,28)(H2,25,26,30). The number of hydrogen-bond donors (Lipinski definition) is 4. The van der Waals surface area contributed by atoms with E-state index >= 15 is 0 Å². The topological polar surface area (TPSA) is 113 Å². The van der Waals surface area contributed by atoms with Crippen LogP contribution in [-0.2, 0) is 6.54 Å². The van der Waals surface area contributed by atoms with Crippen LogP contribution in [0.25, 0.3) is 22.2 Å². The first kappa shape index (κ1) is 19.5. The Balaban J connectivity index is 1.59. The molecular weight excluding hydrogens is 402 g/mol. The number of carbonyl (C=O) groups excluding carboxylic acids is 2. The highest BCUT2D eigenvalue weighted by molar-refractivity contribution is 6.30. The molecule has 0 radical (unpaired) electrons.